The van der Waals surface area contributed by atoms with E-state index in [1.165, 1.54) is 24.0 Å². The topological polar surface area (TPSA) is 32.3 Å². The van der Waals surface area contributed by atoms with E-state index >= 15 is 0 Å². The molecule has 112 valence electrons. The highest BCUT2D eigenvalue weighted by molar-refractivity contribution is 7.20. The monoisotopic (exact) mass is 302 g/mol. The average molecular weight is 302 g/mol. The van der Waals surface area contributed by atoms with E-state index in [1.54, 1.807) is 11.3 Å². The zero-order valence-corrected chi connectivity index (χ0v) is 13.3. The van der Waals surface area contributed by atoms with Gasteiger partial charge in [-0.2, -0.15) is 0 Å². The van der Waals surface area contributed by atoms with Crippen molar-refractivity contribution in [3.8, 4) is 0 Å². The second-order valence-electron chi connectivity index (χ2n) is 5.64. The molecule has 1 aliphatic heterocycles. The number of amides is 1. The molecule has 1 aromatic carbocycles. The Balaban J connectivity index is 1.74. The highest BCUT2D eigenvalue weighted by atomic mass is 32.1. The molecule has 1 N–H and O–H groups in total. The highest BCUT2D eigenvalue weighted by Crippen LogP contribution is 2.26. The Kier molecular flexibility index (Phi) is 4.56. The SMILES string of the molecule is CCN(CC1CCCCN1)C(=O)c1cc2ccccc2s1. The molecule has 1 aliphatic rings. The van der Waals surface area contributed by atoms with Gasteiger partial charge in [0.15, 0.2) is 0 Å². The molecule has 1 aromatic heterocycles. The number of thiophene rings is 1. The predicted octanol–water partition coefficient (Wildman–Crippen LogP) is 3.51. The van der Waals surface area contributed by atoms with E-state index in [9.17, 15) is 4.79 Å². The quantitative estimate of drug-likeness (QED) is 0.937. The summed E-state index contributed by atoms with van der Waals surface area (Å²) in [5.74, 6) is 0.172. The molecule has 3 rings (SSSR count). The van der Waals surface area contributed by atoms with Crippen LogP contribution in [-0.2, 0) is 0 Å². The first-order chi connectivity index (χ1) is 10.3. The van der Waals surface area contributed by atoms with Crippen molar-refractivity contribution < 1.29 is 4.79 Å². The van der Waals surface area contributed by atoms with Gasteiger partial charge in [0.25, 0.3) is 5.91 Å². The number of nitrogens with one attached hydrogen (secondary N) is 1. The number of hydrogen-bond donors (Lipinski definition) is 1. The van der Waals surface area contributed by atoms with Crippen molar-refractivity contribution in [3.63, 3.8) is 0 Å². The lowest BCUT2D eigenvalue weighted by Gasteiger charge is -2.29. The molecule has 0 saturated carbocycles. The number of nitrogens with zero attached hydrogens (tertiary/aromatic N) is 1. The lowest BCUT2D eigenvalue weighted by molar-refractivity contribution is 0.0746. The van der Waals surface area contributed by atoms with Crippen LogP contribution in [0.5, 0.6) is 0 Å². The van der Waals surface area contributed by atoms with E-state index in [4.69, 9.17) is 0 Å². The fourth-order valence-corrected chi connectivity index (χ4v) is 3.98. The molecule has 2 aromatic rings. The Labute approximate surface area is 130 Å². The van der Waals surface area contributed by atoms with Gasteiger partial charge in [-0.15, -0.1) is 11.3 Å². The molecule has 1 saturated heterocycles. The Morgan fingerprint density at radius 2 is 2.24 bits per heavy atom. The van der Waals surface area contributed by atoms with Crippen molar-refractivity contribution in [2.75, 3.05) is 19.6 Å². The molecular weight excluding hydrogens is 280 g/mol. The number of rotatable bonds is 4. The minimum atomic E-state index is 0.172. The first-order valence-electron chi connectivity index (χ1n) is 7.79. The summed E-state index contributed by atoms with van der Waals surface area (Å²) in [4.78, 5) is 15.6. The summed E-state index contributed by atoms with van der Waals surface area (Å²) in [7, 11) is 0. The first-order valence-corrected chi connectivity index (χ1v) is 8.61. The van der Waals surface area contributed by atoms with Gasteiger partial charge in [-0.25, -0.2) is 0 Å². The molecule has 1 atom stereocenters. The standard InChI is InChI=1S/C17H22N2OS/c1-2-19(12-14-8-5-6-10-18-14)17(20)16-11-13-7-3-4-9-15(13)21-16/h3-4,7,9,11,14,18H,2,5-6,8,10,12H2,1H3. The zero-order valence-electron chi connectivity index (χ0n) is 12.5. The zero-order chi connectivity index (χ0) is 14.7. The highest BCUT2D eigenvalue weighted by Gasteiger charge is 2.21. The van der Waals surface area contributed by atoms with Crippen molar-refractivity contribution >= 4 is 27.3 Å². The Morgan fingerprint density at radius 3 is 2.95 bits per heavy atom. The molecule has 4 heteroatoms. The molecule has 0 bridgehead atoms. The number of likely N-dealkylation sites (N-methyl/N-ethyl adjacent to an activating group) is 1. The number of hydrogen-bond acceptors (Lipinski definition) is 3. The maximum atomic E-state index is 12.7. The van der Waals surface area contributed by atoms with Gasteiger partial charge in [0, 0.05) is 23.8 Å². The summed E-state index contributed by atoms with van der Waals surface area (Å²) in [6.45, 7) is 4.74. The summed E-state index contributed by atoms with van der Waals surface area (Å²) >= 11 is 1.60. The third-order valence-corrected chi connectivity index (χ3v) is 5.26. The van der Waals surface area contributed by atoms with Crippen LogP contribution in [0.3, 0.4) is 0 Å². The van der Waals surface area contributed by atoms with E-state index < -0.39 is 0 Å². The minimum absolute atomic E-state index is 0.172. The summed E-state index contributed by atoms with van der Waals surface area (Å²) in [6.07, 6.45) is 3.70. The van der Waals surface area contributed by atoms with Crippen molar-refractivity contribution in [1.82, 2.24) is 10.2 Å². The number of carbonyl (C=O) groups is 1. The molecule has 0 spiro atoms. The average Bonchev–Trinajstić information content (AvgIpc) is 2.97. The maximum absolute atomic E-state index is 12.7. The van der Waals surface area contributed by atoms with E-state index in [1.807, 2.05) is 23.1 Å². The van der Waals surface area contributed by atoms with Crippen LogP contribution >= 0.6 is 11.3 Å². The summed E-state index contributed by atoms with van der Waals surface area (Å²) in [6, 6.07) is 10.7. The maximum Gasteiger partial charge on any atom is 0.264 e. The molecule has 2 heterocycles. The van der Waals surface area contributed by atoms with Crippen molar-refractivity contribution in [2.24, 2.45) is 0 Å². The molecular formula is C17H22N2OS. The van der Waals surface area contributed by atoms with Crippen LogP contribution in [0, 0.1) is 0 Å². The van der Waals surface area contributed by atoms with Crippen LogP contribution in [0.1, 0.15) is 35.9 Å². The smallest absolute Gasteiger partial charge is 0.264 e. The molecule has 1 amide bonds. The Hall–Kier alpha value is -1.39. The van der Waals surface area contributed by atoms with Crippen molar-refractivity contribution in [3.05, 3.63) is 35.2 Å². The van der Waals surface area contributed by atoms with Crippen molar-refractivity contribution in [1.29, 1.82) is 0 Å². The molecule has 0 radical (unpaired) electrons. The number of piperidine rings is 1. The van der Waals surface area contributed by atoms with E-state index in [-0.39, 0.29) is 5.91 Å². The Bertz CT molecular complexity index is 583. The van der Waals surface area contributed by atoms with Crippen LogP contribution in [0.25, 0.3) is 10.1 Å². The lowest BCUT2D eigenvalue weighted by Crippen LogP contribution is -2.45. The molecule has 21 heavy (non-hydrogen) atoms. The predicted molar refractivity (Wildman–Crippen MR) is 89.0 cm³/mol. The van der Waals surface area contributed by atoms with Gasteiger partial charge in [0.05, 0.1) is 4.88 Å². The van der Waals surface area contributed by atoms with E-state index in [0.29, 0.717) is 6.04 Å². The lowest BCUT2D eigenvalue weighted by atomic mass is 10.0. The van der Waals surface area contributed by atoms with Gasteiger partial charge in [0.2, 0.25) is 0 Å². The molecule has 3 nitrogen and oxygen atoms in total. The number of benzene rings is 1. The van der Waals surface area contributed by atoms with Crippen LogP contribution in [0.4, 0.5) is 0 Å². The van der Waals surface area contributed by atoms with Gasteiger partial charge >= 0.3 is 0 Å². The van der Waals surface area contributed by atoms with Crippen LogP contribution < -0.4 is 5.32 Å². The third kappa shape index (κ3) is 3.27. The van der Waals surface area contributed by atoms with Crippen LogP contribution in [0.15, 0.2) is 30.3 Å². The van der Waals surface area contributed by atoms with Gasteiger partial charge in [0.1, 0.15) is 0 Å². The summed E-state index contributed by atoms with van der Waals surface area (Å²) < 4.78 is 1.19. The largest absolute Gasteiger partial charge is 0.337 e. The normalized spacial score (nSPS) is 18.8. The summed E-state index contributed by atoms with van der Waals surface area (Å²) in [5, 5.41) is 4.69. The van der Waals surface area contributed by atoms with Gasteiger partial charge in [-0.05, 0) is 43.8 Å². The summed E-state index contributed by atoms with van der Waals surface area (Å²) in [5.41, 5.74) is 0. The van der Waals surface area contributed by atoms with Gasteiger partial charge in [-0.1, -0.05) is 24.6 Å². The Morgan fingerprint density at radius 1 is 1.38 bits per heavy atom. The second kappa shape index (κ2) is 6.58. The third-order valence-electron chi connectivity index (χ3n) is 4.16. The second-order valence-corrected chi connectivity index (χ2v) is 6.72. The number of fused-ring (bicyclic) bond motifs is 1. The minimum Gasteiger partial charge on any atom is -0.337 e. The van der Waals surface area contributed by atoms with Crippen LogP contribution in [-0.4, -0.2) is 36.5 Å². The van der Waals surface area contributed by atoms with Gasteiger partial charge in [-0.3, -0.25) is 4.79 Å². The first kappa shape index (κ1) is 14.5. The fraction of sp³-hybridized carbons (Fsp3) is 0.471. The molecule has 0 aliphatic carbocycles. The fourth-order valence-electron chi connectivity index (χ4n) is 2.94. The van der Waals surface area contributed by atoms with E-state index in [0.717, 1.165) is 29.9 Å². The number of carbonyl (C=O) groups excluding carboxylic acids is 1. The molecule has 1 unspecified atom stereocenters. The molecule has 1 fully saturated rings. The van der Waals surface area contributed by atoms with Crippen molar-refractivity contribution in [2.45, 2.75) is 32.2 Å². The van der Waals surface area contributed by atoms with Crippen LogP contribution in [0.2, 0.25) is 0 Å². The van der Waals surface area contributed by atoms with E-state index in [2.05, 4.69) is 24.4 Å². The van der Waals surface area contributed by atoms with Gasteiger partial charge < -0.3 is 10.2 Å².